The molecule has 1 N–H and O–H groups in total. The molecule has 0 radical (unpaired) electrons. The summed E-state index contributed by atoms with van der Waals surface area (Å²) in [7, 11) is -3.55. The molecule has 3 nitrogen and oxygen atoms in total. The van der Waals surface area contributed by atoms with Gasteiger partial charge in [0.05, 0.1) is 11.4 Å². The van der Waals surface area contributed by atoms with Crippen LogP contribution in [0, 0.1) is 0 Å². The Hall–Kier alpha value is -0.880. The zero-order chi connectivity index (χ0) is 16.2. The van der Waals surface area contributed by atoms with E-state index in [2.05, 4.69) is 4.72 Å². The normalized spacial score (nSPS) is 11.4. The van der Waals surface area contributed by atoms with Gasteiger partial charge < -0.3 is 0 Å². The lowest BCUT2D eigenvalue weighted by molar-refractivity contribution is 0.600. The van der Waals surface area contributed by atoms with E-state index in [-0.39, 0.29) is 5.75 Å². The van der Waals surface area contributed by atoms with Crippen molar-refractivity contribution in [1.82, 2.24) is 0 Å². The van der Waals surface area contributed by atoms with E-state index in [4.69, 9.17) is 23.2 Å². The van der Waals surface area contributed by atoms with Gasteiger partial charge in [0.2, 0.25) is 10.0 Å². The summed E-state index contributed by atoms with van der Waals surface area (Å²) in [6.45, 7) is 2.02. The molecule has 0 amide bonds. The van der Waals surface area contributed by atoms with Crippen molar-refractivity contribution >= 4 is 50.7 Å². The van der Waals surface area contributed by atoms with E-state index in [1.165, 1.54) is 6.07 Å². The Morgan fingerprint density at radius 3 is 2.55 bits per heavy atom. The summed E-state index contributed by atoms with van der Waals surface area (Å²) in [4.78, 5) is 0.899. The molecule has 0 aliphatic heterocycles. The molecule has 0 unspecified atom stereocenters. The number of para-hydroxylation sites is 1. The molecule has 0 heterocycles. The lowest BCUT2D eigenvalue weighted by Gasteiger charge is -2.12. The van der Waals surface area contributed by atoms with Crippen LogP contribution in [0.15, 0.2) is 47.4 Å². The second kappa shape index (κ2) is 7.59. The fraction of sp³-hybridized carbons (Fsp3) is 0.200. The maximum Gasteiger partial charge on any atom is 0.237 e. The highest BCUT2D eigenvalue weighted by atomic mass is 35.5. The SMILES string of the molecule is CCSc1ccccc1NS(=O)(=O)Cc1ccc(Cl)cc1Cl. The van der Waals surface area contributed by atoms with Crippen molar-refractivity contribution in [3.05, 3.63) is 58.1 Å². The molecular formula is C15H15Cl2NO2S2. The minimum Gasteiger partial charge on any atom is -0.282 e. The molecule has 118 valence electrons. The van der Waals surface area contributed by atoms with Gasteiger partial charge in [0.1, 0.15) is 0 Å². The quantitative estimate of drug-likeness (QED) is 0.718. The molecule has 2 aromatic carbocycles. The topological polar surface area (TPSA) is 46.2 Å². The molecule has 7 heteroatoms. The van der Waals surface area contributed by atoms with E-state index in [1.807, 2.05) is 19.1 Å². The van der Waals surface area contributed by atoms with Crippen molar-refractivity contribution < 1.29 is 8.42 Å². The summed E-state index contributed by atoms with van der Waals surface area (Å²) >= 11 is 13.4. The Balaban J connectivity index is 2.21. The van der Waals surface area contributed by atoms with E-state index in [9.17, 15) is 8.42 Å². The van der Waals surface area contributed by atoms with E-state index in [0.717, 1.165) is 10.6 Å². The molecular weight excluding hydrogens is 361 g/mol. The molecule has 0 bridgehead atoms. The molecule has 0 saturated heterocycles. The highest BCUT2D eigenvalue weighted by Crippen LogP contribution is 2.29. The van der Waals surface area contributed by atoms with Crippen molar-refractivity contribution in [2.24, 2.45) is 0 Å². The van der Waals surface area contributed by atoms with Gasteiger partial charge in [-0.15, -0.1) is 11.8 Å². The summed E-state index contributed by atoms with van der Waals surface area (Å²) in [6, 6.07) is 12.1. The largest absolute Gasteiger partial charge is 0.282 e. The molecule has 2 rings (SSSR count). The summed E-state index contributed by atoms with van der Waals surface area (Å²) in [6.07, 6.45) is 0. The van der Waals surface area contributed by atoms with Crippen LogP contribution in [0.1, 0.15) is 12.5 Å². The van der Waals surface area contributed by atoms with Crippen molar-refractivity contribution in [3.8, 4) is 0 Å². The monoisotopic (exact) mass is 375 g/mol. The summed E-state index contributed by atoms with van der Waals surface area (Å²) < 4.78 is 27.3. The van der Waals surface area contributed by atoms with Crippen LogP contribution in [0.2, 0.25) is 10.0 Å². The van der Waals surface area contributed by atoms with Crippen LogP contribution < -0.4 is 4.72 Å². The fourth-order valence-corrected chi connectivity index (χ4v) is 4.51. The number of benzene rings is 2. The van der Waals surface area contributed by atoms with Crippen LogP contribution in [0.3, 0.4) is 0 Å². The first-order chi connectivity index (χ1) is 10.4. The van der Waals surface area contributed by atoms with E-state index in [1.54, 1.807) is 36.0 Å². The Kier molecular flexibility index (Phi) is 6.03. The molecule has 0 atom stereocenters. The summed E-state index contributed by atoms with van der Waals surface area (Å²) in [5, 5.41) is 0.817. The first-order valence-electron chi connectivity index (χ1n) is 6.57. The van der Waals surface area contributed by atoms with Crippen LogP contribution in [-0.2, 0) is 15.8 Å². The smallest absolute Gasteiger partial charge is 0.237 e. The minimum absolute atomic E-state index is 0.200. The van der Waals surface area contributed by atoms with E-state index < -0.39 is 10.0 Å². The molecule has 0 saturated carbocycles. The van der Waals surface area contributed by atoms with Gasteiger partial charge in [-0.05, 0) is 35.6 Å². The molecule has 0 aliphatic carbocycles. The lowest BCUT2D eigenvalue weighted by atomic mass is 10.2. The number of hydrogen-bond donors (Lipinski definition) is 1. The highest BCUT2D eigenvalue weighted by molar-refractivity contribution is 7.99. The van der Waals surface area contributed by atoms with Crippen molar-refractivity contribution in [2.45, 2.75) is 17.6 Å². The van der Waals surface area contributed by atoms with Gasteiger partial charge in [-0.2, -0.15) is 0 Å². The highest BCUT2D eigenvalue weighted by Gasteiger charge is 2.16. The van der Waals surface area contributed by atoms with Gasteiger partial charge in [-0.3, -0.25) is 4.72 Å². The Labute approximate surface area is 145 Å². The van der Waals surface area contributed by atoms with Crippen LogP contribution in [0.4, 0.5) is 5.69 Å². The predicted octanol–water partition coefficient (Wildman–Crippen LogP) is 5.05. The first kappa shape index (κ1) is 17.5. The Morgan fingerprint density at radius 1 is 1.14 bits per heavy atom. The number of rotatable bonds is 6. The van der Waals surface area contributed by atoms with Crippen LogP contribution >= 0.6 is 35.0 Å². The minimum atomic E-state index is -3.55. The number of sulfonamides is 1. The number of hydrogen-bond acceptors (Lipinski definition) is 3. The Bertz CT molecular complexity index is 764. The number of thioether (sulfide) groups is 1. The zero-order valence-electron chi connectivity index (χ0n) is 11.8. The third kappa shape index (κ3) is 4.81. The number of nitrogens with one attached hydrogen (secondary N) is 1. The van der Waals surface area contributed by atoms with E-state index >= 15 is 0 Å². The van der Waals surface area contributed by atoms with Gasteiger partial charge >= 0.3 is 0 Å². The predicted molar refractivity (Wildman–Crippen MR) is 95.5 cm³/mol. The average molecular weight is 376 g/mol. The number of anilines is 1. The van der Waals surface area contributed by atoms with Gasteiger partial charge in [-0.1, -0.05) is 48.3 Å². The van der Waals surface area contributed by atoms with Gasteiger partial charge in [0, 0.05) is 14.9 Å². The third-order valence-electron chi connectivity index (χ3n) is 2.81. The molecule has 22 heavy (non-hydrogen) atoms. The van der Waals surface area contributed by atoms with E-state index in [0.29, 0.717) is 21.3 Å². The van der Waals surface area contributed by atoms with Gasteiger partial charge in [-0.25, -0.2) is 8.42 Å². The fourth-order valence-electron chi connectivity index (χ4n) is 1.88. The molecule has 0 aromatic heterocycles. The van der Waals surface area contributed by atoms with Crippen molar-refractivity contribution in [1.29, 1.82) is 0 Å². The zero-order valence-corrected chi connectivity index (χ0v) is 15.0. The summed E-state index contributed by atoms with van der Waals surface area (Å²) in [5.41, 5.74) is 1.10. The van der Waals surface area contributed by atoms with Crippen LogP contribution in [0.5, 0.6) is 0 Å². The van der Waals surface area contributed by atoms with Crippen LogP contribution in [-0.4, -0.2) is 14.2 Å². The maximum absolute atomic E-state index is 12.4. The second-order valence-electron chi connectivity index (χ2n) is 4.53. The standard InChI is InChI=1S/C15H15Cl2NO2S2/c1-2-21-15-6-4-3-5-14(15)18-22(19,20)10-11-7-8-12(16)9-13(11)17/h3-9,18H,2,10H2,1H3. The Morgan fingerprint density at radius 2 is 1.86 bits per heavy atom. The third-order valence-corrected chi connectivity index (χ3v) is 5.58. The van der Waals surface area contributed by atoms with Gasteiger partial charge in [0.25, 0.3) is 0 Å². The van der Waals surface area contributed by atoms with Crippen LogP contribution in [0.25, 0.3) is 0 Å². The van der Waals surface area contributed by atoms with Crippen molar-refractivity contribution in [2.75, 3.05) is 10.5 Å². The first-order valence-corrected chi connectivity index (χ1v) is 9.97. The summed E-state index contributed by atoms with van der Waals surface area (Å²) in [5.74, 6) is 0.663. The average Bonchev–Trinajstić information content (AvgIpc) is 2.44. The molecule has 2 aromatic rings. The lowest BCUT2D eigenvalue weighted by Crippen LogP contribution is -2.15. The maximum atomic E-state index is 12.4. The molecule has 0 fully saturated rings. The number of halogens is 2. The molecule has 0 spiro atoms. The van der Waals surface area contributed by atoms with Crippen molar-refractivity contribution in [3.63, 3.8) is 0 Å². The van der Waals surface area contributed by atoms with Gasteiger partial charge in [0.15, 0.2) is 0 Å². The molecule has 0 aliphatic rings. The second-order valence-corrected chi connectivity index (χ2v) is 8.40.